The summed E-state index contributed by atoms with van der Waals surface area (Å²) in [4.78, 5) is 6.73. The number of piperidine rings is 1. The van der Waals surface area contributed by atoms with Gasteiger partial charge in [-0.2, -0.15) is 0 Å². The van der Waals surface area contributed by atoms with Crippen LogP contribution in [-0.4, -0.2) is 37.8 Å². The van der Waals surface area contributed by atoms with Crippen molar-refractivity contribution in [2.45, 2.75) is 32.2 Å². The van der Waals surface area contributed by atoms with Crippen molar-refractivity contribution in [3.8, 4) is 5.75 Å². The lowest BCUT2D eigenvalue weighted by atomic mass is 10.1. The predicted molar refractivity (Wildman–Crippen MR) is 74.3 cm³/mol. The fourth-order valence-electron chi connectivity index (χ4n) is 2.31. The summed E-state index contributed by atoms with van der Waals surface area (Å²) in [5.74, 6) is 1.85. The summed E-state index contributed by atoms with van der Waals surface area (Å²) in [6.07, 6.45) is 5.30. The van der Waals surface area contributed by atoms with Crippen LogP contribution in [0.1, 0.15) is 26.2 Å². The molecule has 18 heavy (non-hydrogen) atoms. The minimum absolute atomic E-state index is 0.512. The first-order chi connectivity index (χ1) is 8.83. The fraction of sp³-hybridized carbons (Fsp3) is 0.643. The molecular weight excluding hydrogens is 226 g/mol. The third-order valence-corrected chi connectivity index (χ3v) is 3.37. The standard InChI is InChI=1S/C14H23N3O/c1-3-10-18-13-7-5-9-16-14(13)17(2)12-6-4-8-15-11-12/h5,7,9,12,15H,3-4,6,8,10-11H2,1-2H3. The molecule has 4 nitrogen and oxygen atoms in total. The Hall–Kier alpha value is -1.29. The molecule has 1 saturated heterocycles. The molecule has 0 aliphatic carbocycles. The molecule has 0 saturated carbocycles. The molecule has 1 aliphatic heterocycles. The first-order valence-corrected chi connectivity index (χ1v) is 6.84. The minimum atomic E-state index is 0.512. The minimum Gasteiger partial charge on any atom is -0.490 e. The molecule has 0 radical (unpaired) electrons. The van der Waals surface area contributed by atoms with Gasteiger partial charge in [0.25, 0.3) is 0 Å². The van der Waals surface area contributed by atoms with Crippen LogP contribution >= 0.6 is 0 Å². The van der Waals surface area contributed by atoms with Crippen molar-refractivity contribution < 1.29 is 4.74 Å². The lowest BCUT2D eigenvalue weighted by Crippen LogP contribution is -2.44. The van der Waals surface area contributed by atoms with Crippen LogP contribution in [0.2, 0.25) is 0 Å². The van der Waals surface area contributed by atoms with Gasteiger partial charge in [0.05, 0.1) is 6.61 Å². The van der Waals surface area contributed by atoms with Gasteiger partial charge < -0.3 is 15.0 Å². The average Bonchev–Trinajstić information content (AvgIpc) is 2.45. The second-order valence-electron chi connectivity index (χ2n) is 4.78. The molecule has 0 spiro atoms. The summed E-state index contributed by atoms with van der Waals surface area (Å²) < 4.78 is 5.77. The van der Waals surface area contributed by atoms with Crippen LogP contribution in [0.3, 0.4) is 0 Å². The number of nitrogens with zero attached hydrogens (tertiary/aromatic N) is 2. The number of pyridine rings is 1. The van der Waals surface area contributed by atoms with Crippen LogP contribution in [0.25, 0.3) is 0 Å². The maximum atomic E-state index is 5.77. The van der Waals surface area contributed by atoms with E-state index in [1.807, 2.05) is 18.3 Å². The third kappa shape index (κ3) is 3.13. The molecule has 0 amide bonds. The van der Waals surface area contributed by atoms with Gasteiger partial charge >= 0.3 is 0 Å². The van der Waals surface area contributed by atoms with E-state index in [0.717, 1.165) is 37.7 Å². The van der Waals surface area contributed by atoms with Gasteiger partial charge in [0.15, 0.2) is 11.6 Å². The molecule has 0 aromatic carbocycles. The van der Waals surface area contributed by atoms with E-state index in [2.05, 4.69) is 29.2 Å². The highest BCUT2D eigenvalue weighted by Gasteiger charge is 2.21. The topological polar surface area (TPSA) is 37.4 Å². The average molecular weight is 249 g/mol. The summed E-state index contributed by atoms with van der Waals surface area (Å²) in [6, 6.07) is 4.45. The van der Waals surface area contributed by atoms with E-state index >= 15 is 0 Å². The van der Waals surface area contributed by atoms with Gasteiger partial charge in [0.2, 0.25) is 0 Å². The number of nitrogens with one attached hydrogen (secondary N) is 1. The van der Waals surface area contributed by atoms with Gasteiger partial charge in [-0.3, -0.25) is 0 Å². The Morgan fingerprint density at radius 1 is 1.56 bits per heavy atom. The zero-order chi connectivity index (χ0) is 12.8. The number of hydrogen-bond acceptors (Lipinski definition) is 4. The number of anilines is 1. The van der Waals surface area contributed by atoms with E-state index in [9.17, 15) is 0 Å². The maximum Gasteiger partial charge on any atom is 0.171 e. The highest BCUT2D eigenvalue weighted by molar-refractivity contribution is 5.52. The van der Waals surface area contributed by atoms with E-state index in [1.165, 1.54) is 12.8 Å². The zero-order valence-electron chi connectivity index (χ0n) is 11.4. The Labute approximate surface area is 109 Å². The van der Waals surface area contributed by atoms with Gasteiger partial charge in [-0.25, -0.2) is 4.98 Å². The highest BCUT2D eigenvalue weighted by Crippen LogP contribution is 2.27. The predicted octanol–water partition coefficient (Wildman–Crippen LogP) is 2.06. The Kier molecular flexibility index (Phi) is 4.81. The molecule has 1 atom stereocenters. The first-order valence-electron chi connectivity index (χ1n) is 6.84. The van der Waals surface area contributed by atoms with Crippen LogP contribution in [0.5, 0.6) is 5.75 Å². The Balaban J connectivity index is 2.10. The second-order valence-corrected chi connectivity index (χ2v) is 4.78. The van der Waals surface area contributed by atoms with E-state index < -0.39 is 0 Å². The molecular formula is C14H23N3O. The van der Waals surface area contributed by atoms with Crippen molar-refractivity contribution in [1.29, 1.82) is 0 Å². The van der Waals surface area contributed by atoms with Gasteiger partial charge in [-0.05, 0) is 37.9 Å². The van der Waals surface area contributed by atoms with Gasteiger partial charge in [0.1, 0.15) is 0 Å². The van der Waals surface area contributed by atoms with E-state index in [1.54, 1.807) is 0 Å². The molecule has 1 aromatic heterocycles. The van der Waals surface area contributed by atoms with Crippen molar-refractivity contribution in [1.82, 2.24) is 10.3 Å². The number of rotatable bonds is 5. The van der Waals surface area contributed by atoms with Gasteiger partial charge in [-0.15, -0.1) is 0 Å². The van der Waals surface area contributed by atoms with Gasteiger partial charge in [0, 0.05) is 25.8 Å². The number of hydrogen-bond donors (Lipinski definition) is 1. The lowest BCUT2D eigenvalue weighted by molar-refractivity contribution is 0.315. The molecule has 1 fully saturated rings. The zero-order valence-corrected chi connectivity index (χ0v) is 11.4. The van der Waals surface area contributed by atoms with Crippen LogP contribution in [0.4, 0.5) is 5.82 Å². The number of likely N-dealkylation sites (N-methyl/N-ethyl adjacent to an activating group) is 1. The molecule has 1 unspecified atom stereocenters. The summed E-state index contributed by atoms with van der Waals surface area (Å²) >= 11 is 0. The smallest absolute Gasteiger partial charge is 0.171 e. The van der Waals surface area contributed by atoms with Crippen LogP contribution < -0.4 is 15.0 Å². The molecule has 2 rings (SSSR count). The van der Waals surface area contributed by atoms with Crippen molar-refractivity contribution >= 4 is 5.82 Å². The SMILES string of the molecule is CCCOc1cccnc1N(C)C1CCCNC1. The van der Waals surface area contributed by atoms with Crippen molar-refractivity contribution in [3.63, 3.8) is 0 Å². The molecule has 4 heteroatoms. The monoisotopic (exact) mass is 249 g/mol. The first kappa shape index (κ1) is 13.1. The number of ether oxygens (including phenoxy) is 1. The molecule has 100 valence electrons. The molecule has 1 N–H and O–H groups in total. The normalized spacial score (nSPS) is 19.6. The summed E-state index contributed by atoms with van der Waals surface area (Å²) in [5, 5.41) is 3.44. The Bertz CT molecular complexity index is 364. The van der Waals surface area contributed by atoms with E-state index in [0.29, 0.717) is 6.04 Å². The van der Waals surface area contributed by atoms with Gasteiger partial charge in [-0.1, -0.05) is 6.92 Å². The lowest BCUT2D eigenvalue weighted by Gasteiger charge is -2.33. The summed E-state index contributed by atoms with van der Waals surface area (Å²) in [7, 11) is 2.11. The Morgan fingerprint density at radius 3 is 3.17 bits per heavy atom. The fourth-order valence-corrected chi connectivity index (χ4v) is 2.31. The van der Waals surface area contributed by atoms with Crippen LogP contribution in [-0.2, 0) is 0 Å². The van der Waals surface area contributed by atoms with Crippen molar-refractivity contribution in [3.05, 3.63) is 18.3 Å². The maximum absolute atomic E-state index is 5.77. The van der Waals surface area contributed by atoms with E-state index in [-0.39, 0.29) is 0 Å². The molecule has 1 aromatic rings. The highest BCUT2D eigenvalue weighted by atomic mass is 16.5. The Morgan fingerprint density at radius 2 is 2.44 bits per heavy atom. The van der Waals surface area contributed by atoms with Crippen LogP contribution in [0, 0.1) is 0 Å². The van der Waals surface area contributed by atoms with Crippen molar-refractivity contribution in [2.75, 3.05) is 31.6 Å². The third-order valence-electron chi connectivity index (χ3n) is 3.37. The second kappa shape index (κ2) is 6.59. The largest absolute Gasteiger partial charge is 0.490 e. The summed E-state index contributed by atoms with van der Waals surface area (Å²) in [6.45, 7) is 5.02. The number of aromatic nitrogens is 1. The quantitative estimate of drug-likeness (QED) is 0.866. The molecule has 0 bridgehead atoms. The van der Waals surface area contributed by atoms with Crippen LogP contribution in [0.15, 0.2) is 18.3 Å². The van der Waals surface area contributed by atoms with E-state index in [4.69, 9.17) is 4.74 Å². The molecule has 1 aliphatic rings. The van der Waals surface area contributed by atoms with Crippen molar-refractivity contribution in [2.24, 2.45) is 0 Å². The molecule has 2 heterocycles. The summed E-state index contributed by atoms with van der Waals surface area (Å²) in [5.41, 5.74) is 0.